The Kier molecular flexibility index (Phi) is 4.10. The number of piperidine rings is 1. The quantitative estimate of drug-likeness (QED) is 0.879. The third-order valence-electron chi connectivity index (χ3n) is 4.34. The van der Waals surface area contributed by atoms with Crippen LogP contribution in [0.1, 0.15) is 49.9 Å². The van der Waals surface area contributed by atoms with E-state index in [2.05, 4.69) is 15.2 Å². The maximum atomic E-state index is 13.4. The van der Waals surface area contributed by atoms with Crippen molar-refractivity contribution >= 4 is 22.8 Å². The van der Waals surface area contributed by atoms with Gasteiger partial charge in [0.25, 0.3) is 0 Å². The molecule has 2 aromatic rings. The summed E-state index contributed by atoms with van der Waals surface area (Å²) >= 11 is 0. The summed E-state index contributed by atoms with van der Waals surface area (Å²) in [7, 11) is 0. The summed E-state index contributed by atoms with van der Waals surface area (Å²) in [6.45, 7) is 2.27. The third kappa shape index (κ3) is 2.78. The highest BCUT2D eigenvalue weighted by atomic mass is 19.4. The predicted molar refractivity (Wildman–Crippen MR) is 81.9 cm³/mol. The average molecular weight is 341 g/mol. The summed E-state index contributed by atoms with van der Waals surface area (Å²) in [6.07, 6.45) is -2.02. The molecule has 1 fully saturated rings. The Hall–Kier alpha value is -2.32. The smallest absolute Gasteiger partial charge is 0.383 e. The molecule has 3 N–H and O–H groups in total. The molecule has 24 heavy (non-hydrogen) atoms. The van der Waals surface area contributed by atoms with E-state index in [0.717, 1.165) is 18.9 Å². The number of nitrogens with zero attached hydrogens (tertiary/aromatic N) is 3. The topological polar surface area (TPSA) is 87.9 Å². The lowest BCUT2D eigenvalue weighted by molar-refractivity contribution is -0.136. The number of anilines is 1. The van der Waals surface area contributed by atoms with Crippen molar-refractivity contribution in [3.8, 4) is 0 Å². The zero-order valence-corrected chi connectivity index (χ0v) is 13.2. The van der Waals surface area contributed by atoms with Gasteiger partial charge in [-0.05, 0) is 25.3 Å². The summed E-state index contributed by atoms with van der Waals surface area (Å²) in [6, 6.07) is 0.537. The van der Waals surface area contributed by atoms with Gasteiger partial charge in [0.15, 0.2) is 5.65 Å². The molecule has 1 saturated heterocycles. The lowest BCUT2D eigenvalue weighted by Gasteiger charge is -2.35. The number of rotatable bonds is 2. The minimum atomic E-state index is -4.58. The largest absolute Gasteiger partial charge is 0.417 e. The van der Waals surface area contributed by atoms with Crippen LogP contribution in [0.3, 0.4) is 0 Å². The molecule has 9 heteroatoms. The van der Waals surface area contributed by atoms with Crippen LogP contribution in [-0.4, -0.2) is 32.5 Å². The van der Waals surface area contributed by atoms with Crippen molar-refractivity contribution in [3.63, 3.8) is 0 Å². The first-order chi connectivity index (χ1) is 11.3. The van der Waals surface area contributed by atoms with Crippen LogP contribution >= 0.6 is 0 Å². The van der Waals surface area contributed by atoms with E-state index in [1.165, 1.54) is 0 Å². The van der Waals surface area contributed by atoms with Crippen LogP contribution in [0.25, 0.3) is 11.0 Å². The monoisotopic (exact) mass is 341 g/mol. The van der Waals surface area contributed by atoms with E-state index in [9.17, 15) is 18.0 Å². The number of nitrogens with two attached hydrogens (primary N) is 1. The second-order valence-electron chi connectivity index (χ2n) is 5.88. The van der Waals surface area contributed by atoms with Crippen molar-refractivity contribution in [1.29, 1.82) is 0 Å². The fourth-order valence-electron chi connectivity index (χ4n) is 3.20. The van der Waals surface area contributed by atoms with E-state index in [1.807, 2.05) is 0 Å². The zero-order chi connectivity index (χ0) is 17.5. The summed E-state index contributed by atoms with van der Waals surface area (Å²) < 4.78 is 40.3. The number of pyridine rings is 1. The molecule has 0 saturated carbocycles. The maximum absolute atomic E-state index is 13.4. The van der Waals surface area contributed by atoms with Gasteiger partial charge in [0.1, 0.15) is 5.82 Å². The molecule has 1 aliphatic rings. The highest BCUT2D eigenvalue weighted by Crippen LogP contribution is 2.39. The minimum Gasteiger partial charge on any atom is -0.383 e. The van der Waals surface area contributed by atoms with Gasteiger partial charge in [-0.15, -0.1) is 0 Å². The molecule has 1 amide bonds. The molecule has 6 nitrogen and oxygen atoms in total. The molecule has 0 aromatic carbocycles. The van der Waals surface area contributed by atoms with Gasteiger partial charge in [-0.25, -0.2) is 4.98 Å². The SMILES string of the molecule is CCC(=O)N1CCCC[C@H]1c1cc(C(F)(F)F)c2c(N)[nH]nc2n1. The Balaban J connectivity index is 2.13. The number of alkyl halides is 3. The number of H-pyrrole nitrogens is 1. The molecule has 130 valence electrons. The van der Waals surface area contributed by atoms with Gasteiger partial charge in [-0.3, -0.25) is 9.89 Å². The molecular formula is C15H18F3N5O. The molecular weight excluding hydrogens is 323 g/mol. The number of halogens is 3. The number of fused-ring (bicyclic) bond motifs is 1. The first-order valence-corrected chi connectivity index (χ1v) is 7.84. The number of aromatic amines is 1. The number of likely N-dealkylation sites (tertiary alicyclic amines) is 1. The number of nitrogen functional groups attached to an aromatic ring is 1. The van der Waals surface area contributed by atoms with E-state index in [4.69, 9.17) is 5.73 Å². The van der Waals surface area contributed by atoms with Gasteiger partial charge in [0.05, 0.1) is 22.7 Å². The lowest BCUT2D eigenvalue weighted by atomic mass is 9.96. The van der Waals surface area contributed by atoms with Crippen molar-refractivity contribution in [2.75, 3.05) is 12.3 Å². The van der Waals surface area contributed by atoms with Crippen molar-refractivity contribution in [2.24, 2.45) is 0 Å². The van der Waals surface area contributed by atoms with Crippen molar-refractivity contribution < 1.29 is 18.0 Å². The van der Waals surface area contributed by atoms with Crippen molar-refractivity contribution in [3.05, 3.63) is 17.3 Å². The van der Waals surface area contributed by atoms with Gasteiger partial charge >= 0.3 is 6.18 Å². The second kappa shape index (κ2) is 5.95. The van der Waals surface area contributed by atoms with Crippen LogP contribution in [0.5, 0.6) is 0 Å². The van der Waals surface area contributed by atoms with Crippen LogP contribution in [-0.2, 0) is 11.0 Å². The van der Waals surface area contributed by atoms with Gasteiger partial charge in [0.2, 0.25) is 5.91 Å². The molecule has 0 aliphatic carbocycles. The van der Waals surface area contributed by atoms with Crippen molar-refractivity contribution in [2.45, 2.75) is 44.8 Å². The molecule has 0 bridgehead atoms. The summed E-state index contributed by atoms with van der Waals surface area (Å²) in [5.41, 5.74) is 4.84. The molecule has 0 unspecified atom stereocenters. The minimum absolute atomic E-state index is 0.0770. The summed E-state index contributed by atoms with van der Waals surface area (Å²) in [5.74, 6) is -0.252. The molecule has 0 spiro atoms. The molecule has 2 aromatic heterocycles. The maximum Gasteiger partial charge on any atom is 0.417 e. The number of carbonyl (C=O) groups excluding carboxylic acids is 1. The predicted octanol–water partition coefficient (Wildman–Crippen LogP) is 3.02. The van der Waals surface area contributed by atoms with E-state index >= 15 is 0 Å². The standard InChI is InChI=1S/C15H18F3N5O/c1-2-11(24)23-6-4-3-5-10(23)9-7-8(15(16,17)18)12-13(19)21-22-14(12)20-9/h7,10H,2-6H2,1H3,(H3,19,20,21,22)/t10-/m0/s1. The molecule has 3 rings (SSSR count). The molecule has 1 aliphatic heterocycles. The molecule has 3 heterocycles. The fraction of sp³-hybridized carbons (Fsp3) is 0.533. The Labute approximate surface area is 136 Å². The van der Waals surface area contributed by atoms with Crippen molar-refractivity contribution in [1.82, 2.24) is 20.1 Å². The Morgan fingerprint density at radius 2 is 2.21 bits per heavy atom. The van der Waals surface area contributed by atoms with Crippen LogP contribution in [0.2, 0.25) is 0 Å². The number of aromatic nitrogens is 3. The Bertz CT molecular complexity index is 770. The zero-order valence-electron chi connectivity index (χ0n) is 13.2. The number of nitrogens with one attached hydrogen (secondary N) is 1. The first-order valence-electron chi connectivity index (χ1n) is 7.84. The highest BCUT2D eigenvalue weighted by molar-refractivity contribution is 5.90. The van der Waals surface area contributed by atoms with Gasteiger partial charge in [-0.1, -0.05) is 6.92 Å². The second-order valence-corrected chi connectivity index (χ2v) is 5.88. The number of carbonyl (C=O) groups is 1. The third-order valence-corrected chi connectivity index (χ3v) is 4.34. The Morgan fingerprint density at radius 3 is 2.88 bits per heavy atom. The fourth-order valence-corrected chi connectivity index (χ4v) is 3.20. The van der Waals surface area contributed by atoms with Gasteiger partial charge in [0, 0.05) is 13.0 Å². The highest BCUT2D eigenvalue weighted by Gasteiger charge is 2.37. The number of hydrogen-bond acceptors (Lipinski definition) is 4. The summed E-state index contributed by atoms with van der Waals surface area (Å²) in [4.78, 5) is 18.0. The number of amides is 1. The summed E-state index contributed by atoms with van der Waals surface area (Å²) in [5, 5.41) is 5.90. The molecule has 0 radical (unpaired) electrons. The average Bonchev–Trinajstić information content (AvgIpc) is 2.93. The van der Waals surface area contributed by atoms with E-state index in [0.29, 0.717) is 19.4 Å². The first kappa shape index (κ1) is 16.5. The van der Waals surface area contributed by atoms with E-state index < -0.39 is 17.8 Å². The Morgan fingerprint density at radius 1 is 1.46 bits per heavy atom. The van der Waals surface area contributed by atoms with Crippen LogP contribution in [0, 0.1) is 0 Å². The van der Waals surface area contributed by atoms with E-state index in [-0.39, 0.29) is 28.5 Å². The van der Waals surface area contributed by atoms with Crippen LogP contribution in [0.15, 0.2) is 6.07 Å². The van der Waals surface area contributed by atoms with Crippen LogP contribution in [0.4, 0.5) is 19.0 Å². The van der Waals surface area contributed by atoms with Gasteiger partial charge < -0.3 is 10.6 Å². The lowest BCUT2D eigenvalue weighted by Crippen LogP contribution is -2.38. The van der Waals surface area contributed by atoms with Gasteiger partial charge in [-0.2, -0.15) is 18.3 Å². The van der Waals surface area contributed by atoms with E-state index in [1.54, 1.807) is 11.8 Å². The molecule has 1 atom stereocenters. The van der Waals surface area contributed by atoms with Crippen LogP contribution < -0.4 is 5.73 Å². The normalized spacial score (nSPS) is 19.0. The number of hydrogen-bond donors (Lipinski definition) is 2.